The highest BCUT2D eigenvalue weighted by molar-refractivity contribution is 6.63. The molecule has 2 rings (SSSR count). The van der Waals surface area contributed by atoms with Crippen LogP contribution in [0, 0.1) is 6.92 Å². The molecule has 0 atom stereocenters. The number of carbonyl (C=O) groups is 1. The fourth-order valence-corrected chi connectivity index (χ4v) is 2.14. The van der Waals surface area contributed by atoms with Crippen LogP contribution in [0.2, 0.25) is 0 Å². The highest BCUT2D eigenvalue weighted by Gasteiger charge is 2.22. The Kier molecular flexibility index (Phi) is 5.68. The van der Waals surface area contributed by atoms with Crippen LogP contribution < -0.4 is 15.6 Å². The molecule has 0 bridgehead atoms. The van der Waals surface area contributed by atoms with Crippen LogP contribution in [0.1, 0.15) is 11.1 Å². The third-order valence-electron chi connectivity index (χ3n) is 3.39. The predicted octanol–water partition coefficient (Wildman–Crippen LogP) is 1.30. The van der Waals surface area contributed by atoms with Gasteiger partial charge in [0.25, 0.3) is 0 Å². The first-order chi connectivity index (χ1) is 11.5. The molecular weight excluding hydrogens is 306 g/mol. The van der Waals surface area contributed by atoms with Crippen molar-refractivity contribution >= 4 is 23.1 Å². The zero-order valence-electron chi connectivity index (χ0n) is 13.6. The zero-order valence-corrected chi connectivity index (χ0v) is 13.6. The second kappa shape index (κ2) is 7.92. The maximum Gasteiger partial charge on any atom is 0.402 e. The number of nitrogens with two attached hydrogens (primary N) is 1. The first-order valence-electron chi connectivity index (χ1n) is 7.38. The molecule has 6 heteroatoms. The summed E-state index contributed by atoms with van der Waals surface area (Å²) >= 11 is 0. The Hall–Kier alpha value is -3.15. The van der Waals surface area contributed by atoms with Crippen molar-refractivity contribution in [3.05, 3.63) is 59.7 Å². The van der Waals surface area contributed by atoms with Gasteiger partial charge in [0.15, 0.2) is 0 Å². The Morgan fingerprint density at radius 1 is 1.25 bits per heavy atom. The number of anilines is 1. The number of nitrogens with zero attached hydrogens (tertiary/aromatic N) is 1. The second-order valence-electron chi connectivity index (χ2n) is 5.29. The minimum absolute atomic E-state index is 0.247. The van der Waals surface area contributed by atoms with Gasteiger partial charge in [-0.2, -0.15) is 5.10 Å². The Morgan fingerprint density at radius 3 is 2.67 bits per heavy atom. The van der Waals surface area contributed by atoms with Crippen molar-refractivity contribution in [2.75, 3.05) is 12.5 Å². The van der Waals surface area contributed by atoms with Gasteiger partial charge in [-0.15, -0.1) is 0 Å². The van der Waals surface area contributed by atoms with Crippen LogP contribution in [0.5, 0.6) is 5.75 Å². The number of rotatable bonds is 7. The van der Waals surface area contributed by atoms with Crippen molar-refractivity contribution in [2.24, 2.45) is 5.10 Å². The monoisotopic (exact) mass is 326 g/mol. The summed E-state index contributed by atoms with van der Waals surface area (Å²) in [7, 11) is 1.57. The van der Waals surface area contributed by atoms with Gasteiger partial charge in [-0.1, -0.05) is 24.3 Å². The molecule has 0 saturated carbocycles. The number of aliphatic carboxylic acids is 1. The molecule has 0 heterocycles. The van der Waals surface area contributed by atoms with Gasteiger partial charge in [-0.25, -0.2) is 10.2 Å². The lowest BCUT2D eigenvalue weighted by Gasteiger charge is -2.07. The van der Waals surface area contributed by atoms with E-state index in [1.54, 1.807) is 7.11 Å². The van der Waals surface area contributed by atoms with Gasteiger partial charge in [0, 0.05) is 6.42 Å². The molecule has 0 spiro atoms. The van der Waals surface area contributed by atoms with Crippen LogP contribution >= 0.6 is 0 Å². The molecule has 0 aliphatic heterocycles. The quantitative estimate of drug-likeness (QED) is 0.528. The van der Waals surface area contributed by atoms with Gasteiger partial charge in [-0.3, -0.25) is 5.43 Å². The summed E-state index contributed by atoms with van der Waals surface area (Å²) in [5.74, 6) is -0.518. The normalized spacial score (nSPS) is 11.0. The maximum absolute atomic E-state index is 11.2. The molecule has 2 aromatic rings. The number of hydrogen-bond donors (Lipinski definition) is 3. The standard InChI is InChI=1S/C18H19N3O3/c1-12-5-3-7-14(9-12)20-21-16(17(19)18(22)23)11-13-6-4-8-15(10-13)24-2/h3-10,19-20H,11H2,1-2H3,(H,22,23)/p+1/b19-17?,21-16-. The lowest BCUT2D eigenvalue weighted by Crippen LogP contribution is -2.50. The van der Waals surface area contributed by atoms with Crippen molar-refractivity contribution in [3.8, 4) is 5.75 Å². The Labute approximate surface area is 140 Å². The third-order valence-corrected chi connectivity index (χ3v) is 3.39. The Bertz CT molecular complexity index is 785. The molecule has 0 aromatic heterocycles. The van der Waals surface area contributed by atoms with Crippen LogP contribution in [0.25, 0.3) is 0 Å². The molecule has 24 heavy (non-hydrogen) atoms. The van der Waals surface area contributed by atoms with E-state index in [4.69, 9.17) is 10.1 Å². The molecule has 0 amide bonds. The zero-order chi connectivity index (χ0) is 17.5. The fraction of sp³-hybridized carbons (Fsp3) is 0.167. The molecule has 2 aromatic carbocycles. The van der Waals surface area contributed by atoms with Gasteiger partial charge >= 0.3 is 11.7 Å². The summed E-state index contributed by atoms with van der Waals surface area (Å²) in [6.45, 7) is 1.96. The predicted molar refractivity (Wildman–Crippen MR) is 93.5 cm³/mol. The van der Waals surface area contributed by atoms with Gasteiger partial charge in [0.2, 0.25) is 0 Å². The molecule has 6 nitrogen and oxygen atoms in total. The topological polar surface area (TPSA) is 96.5 Å². The molecule has 0 aliphatic carbocycles. The number of methoxy groups -OCH3 is 1. The lowest BCUT2D eigenvalue weighted by atomic mass is 10.0. The summed E-state index contributed by atoms with van der Waals surface area (Å²) in [5.41, 5.74) is 5.50. The van der Waals surface area contributed by atoms with E-state index in [-0.39, 0.29) is 17.8 Å². The van der Waals surface area contributed by atoms with Crippen molar-refractivity contribution in [1.82, 2.24) is 0 Å². The first-order valence-corrected chi connectivity index (χ1v) is 7.38. The molecule has 0 fully saturated rings. The van der Waals surface area contributed by atoms with Crippen LogP contribution in [0.15, 0.2) is 53.6 Å². The number of carboxylic acid groups (broad SMARTS) is 1. The molecular formula is C18H20N3O3+. The Morgan fingerprint density at radius 2 is 2.00 bits per heavy atom. The largest absolute Gasteiger partial charge is 0.497 e. The first kappa shape index (κ1) is 17.2. The number of ether oxygens (including phenoxy) is 1. The van der Waals surface area contributed by atoms with E-state index < -0.39 is 5.97 Å². The Balaban J connectivity index is 2.25. The molecule has 4 N–H and O–H groups in total. The van der Waals surface area contributed by atoms with Crippen LogP contribution in [0.4, 0.5) is 5.69 Å². The van der Waals surface area contributed by atoms with Crippen LogP contribution in [0.3, 0.4) is 0 Å². The van der Waals surface area contributed by atoms with Crippen LogP contribution in [-0.2, 0) is 11.2 Å². The highest BCUT2D eigenvalue weighted by Crippen LogP contribution is 2.14. The number of hydrazone groups is 1. The van der Waals surface area contributed by atoms with E-state index in [0.717, 1.165) is 16.8 Å². The van der Waals surface area contributed by atoms with E-state index >= 15 is 0 Å². The minimum Gasteiger partial charge on any atom is -0.497 e. The molecule has 124 valence electrons. The molecule has 0 aliphatic rings. The van der Waals surface area contributed by atoms with Crippen molar-refractivity contribution in [1.29, 1.82) is 0 Å². The maximum atomic E-state index is 11.2. The van der Waals surface area contributed by atoms with Gasteiger partial charge < -0.3 is 9.84 Å². The van der Waals surface area contributed by atoms with E-state index in [1.165, 1.54) is 0 Å². The van der Waals surface area contributed by atoms with Gasteiger partial charge in [-0.05, 0) is 42.3 Å². The fourth-order valence-electron chi connectivity index (χ4n) is 2.14. The summed E-state index contributed by atoms with van der Waals surface area (Å²) in [6.07, 6.45) is 0.272. The highest BCUT2D eigenvalue weighted by atomic mass is 16.5. The second-order valence-corrected chi connectivity index (χ2v) is 5.29. The lowest BCUT2D eigenvalue weighted by molar-refractivity contribution is -0.145. The summed E-state index contributed by atoms with van der Waals surface area (Å²) in [6, 6.07) is 14.9. The number of nitrogens with one attached hydrogen (secondary N) is 1. The summed E-state index contributed by atoms with van der Waals surface area (Å²) in [5, 5.41) is 19.1. The molecule has 0 saturated heterocycles. The van der Waals surface area contributed by atoms with Crippen LogP contribution in [-0.4, -0.2) is 29.6 Å². The van der Waals surface area contributed by atoms with Crippen molar-refractivity contribution < 1.29 is 20.0 Å². The summed E-state index contributed by atoms with van der Waals surface area (Å²) in [4.78, 5) is 11.2. The molecule has 0 radical (unpaired) electrons. The van der Waals surface area contributed by atoms with Crippen molar-refractivity contribution in [3.63, 3.8) is 0 Å². The number of benzene rings is 2. The van der Waals surface area contributed by atoms with Gasteiger partial charge in [0.1, 0.15) is 11.5 Å². The van der Waals surface area contributed by atoms with E-state index in [9.17, 15) is 9.90 Å². The number of aryl methyl sites for hydroxylation is 1. The minimum atomic E-state index is -1.21. The van der Waals surface area contributed by atoms with E-state index in [2.05, 4.69) is 10.5 Å². The summed E-state index contributed by atoms with van der Waals surface area (Å²) < 4.78 is 5.18. The SMILES string of the molecule is COc1cccc(C/C(=N/Nc2cccc(C)c2)C(=[NH2+])C(=O)O)c1. The van der Waals surface area contributed by atoms with E-state index in [0.29, 0.717) is 5.75 Å². The smallest absolute Gasteiger partial charge is 0.402 e. The number of carboxylic acids is 1. The van der Waals surface area contributed by atoms with Crippen molar-refractivity contribution in [2.45, 2.75) is 13.3 Å². The average molecular weight is 326 g/mol. The molecule has 0 unspecified atom stereocenters. The third kappa shape index (κ3) is 4.67. The van der Waals surface area contributed by atoms with E-state index in [1.807, 2.05) is 55.5 Å². The average Bonchev–Trinajstić information content (AvgIpc) is 2.58. The van der Waals surface area contributed by atoms with Gasteiger partial charge in [0.05, 0.1) is 12.8 Å². The number of hydrogen-bond acceptors (Lipinski definition) is 4.